The van der Waals surface area contributed by atoms with Gasteiger partial charge in [0.25, 0.3) is 0 Å². The summed E-state index contributed by atoms with van der Waals surface area (Å²) >= 11 is 0. The zero-order valence-electron chi connectivity index (χ0n) is 48.7. The van der Waals surface area contributed by atoms with Crippen LogP contribution in [0.5, 0.6) is 0 Å². The predicted molar refractivity (Wildman–Crippen MR) is 312 cm³/mol. The number of nitrogens with two attached hydrogens (primary N) is 1. The van der Waals surface area contributed by atoms with E-state index in [0.717, 1.165) is 0 Å². The largest absolute Gasteiger partial charge is 0.481 e. The summed E-state index contributed by atoms with van der Waals surface area (Å²) in [6.45, 7) is 5.69. The number of hydrazine groups is 4. The van der Waals surface area contributed by atoms with Gasteiger partial charge in [0.15, 0.2) is 0 Å². The molecule has 27 heteroatoms. The van der Waals surface area contributed by atoms with E-state index in [-0.39, 0.29) is 54.7 Å². The summed E-state index contributed by atoms with van der Waals surface area (Å²) < 4.78 is 0. The van der Waals surface area contributed by atoms with Crippen molar-refractivity contribution in [2.24, 2.45) is 17.6 Å². The highest BCUT2D eigenvalue weighted by molar-refractivity contribution is 6.46. The number of amides is 2. The maximum Gasteiger partial charge on any atom is 0.305 e. The Hall–Kier alpha value is -9.24. The predicted octanol–water partition coefficient (Wildman–Crippen LogP) is -0.412. The van der Waals surface area contributed by atoms with Gasteiger partial charge in [-0.25, -0.2) is 31.7 Å². The van der Waals surface area contributed by atoms with E-state index in [1.807, 2.05) is 6.07 Å². The van der Waals surface area contributed by atoms with Gasteiger partial charge >= 0.3 is 11.9 Å². The molecule has 13 N–H and O–H groups in total. The average Bonchev–Trinajstić information content (AvgIpc) is 2.30. The molecule has 460 valence electrons. The summed E-state index contributed by atoms with van der Waals surface area (Å²) in [7, 11) is 3.04. The van der Waals surface area contributed by atoms with E-state index in [2.05, 4.69) is 43.2 Å². The van der Waals surface area contributed by atoms with Crippen molar-refractivity contribution < 1.29 is 67.7 Å². The smallest absolute Gasteiger partial charge is 0.305 e. The fourth-order valence-electron chi connectivity index (χ4n) is 9.10. The molecule has 2 aliphatic heterocycles. The second-order valence-electron chi connectivity index (χ2n) is 21.4. The summed E-state index contributed by atoms with van der Waals surface area (Å²) in [6, 6.07) is 20.6. The van der Waals surface area contributed by atoms with Gasteiger partial charge in [0.2, 0.25) is 58.1 Å². The molecule has 4 aromatic rings. The van der Waals surface area contributed by atoms with E-state index < -0.39 is 132 Å². The molecule has 4 aromatic carbocycles. The van der Waals surface area contributed by atoms with E-state index in [0.29, 0.717) is 33.4 Å². The normalized spacial score (nSPS) is 21.5. The van der Waals surface area contributed by atoms with Gasteiger partial charge in [-0.05, 0) is 71.2 Å². The van der Waals surface area contributed by atoms with Crippen LogP contribution in [-0.2, 0) is 73.9 Å². The number of rotatable bonds is 11. The van der Waals surface area contributed by atoms with E-state index in [4.69, 9.17) is 16.4 Å². The molecule has 2 amide bonds. The Balaban J connectivity index is 0.000000317. The van der Waals surface area contributed by atoms with E-state index in [1.165, 1.54) is 48.4 Å². The Bertz CT molecular complexity index is 3310. The number of carbonyl (C=O) groups excluding carboxylic acids is 10. The number of carboxylic acid groups (broad SMARTS) is 2. The Morgan fingerprint density at radius 3 is 1.31 bits per heavy atom. The summed E-state index contributed by atoms with van der Waals surface area (Å²) in [5.74, 6) is -11.9. The minimum atomic E-state index is -1.44. The molecule has 0 saturated carbocycles. The monoisotopic (exact) mass is 1200 g/mol. The number of ketones is 8. The summed E-state index contributed by atoms with van der Waals surface area (Å²) in [4.78, 5) is 154. The summed E-state index contributed by atoms with van der Waals surface area (Å²) in [5.41, 5.74) is 25.6. The average molecular weight is 1200 g/mol. The van der Waals surface area contributed by atoms with Crippen LogP contribution in [-0.4, -0.2) is 160 Å². The van der Waals surface area contributed by atoms with Crippen molar-refractivity contribution in [3.63, 3.8) is 0 Å². The third-order valence-electron chi connectivity index (χ3n) is 14.1. The molecule has 87 heavy (non-hydrogen) atoms. The third kappa shape index (κ3) is 19.9. The number of carbonyl (C=O) groups is 12. The van der Waals surface area contributed by atoms with Crippen LogP contribution in [0.1, 0.15) is 94.6 Å². The number of benzene rings is 4. The standard InChI is InChI=1S/C30H37N7O7.C30H34N6O7/c1-16(2)25-28(43)26(41)20-6-4-5-18(11-20)14-34-35-21(13-24(39)40)27(42)23(38)15-33-30(44)22(37(3)36-25)12-17-7-9-19(10-8-17)29(31)32;1-17(2)26-29(42)27(40)21-6-4-5-20(11-21)15-33-34-22(13-25(38)39)28(41)24(37)16-32-30(43)23(36(3)35-26)12-18-7-9-19(14-31)10-8-18/h4-11,16,21-22,25,34-36H,12-15H2,1-3H3,(H3,31,32)(H,33,44)(H,39,40);4-11,17,22-23,26,33-35H,12-13,15-16H2,1-3H3,(H,32,43)(H,38,39)/t21-,22?,25-;22-,23?,26-/m00/s1. The first-order chi connectivity index (χ1) is 41.2. The van der Waals surface area contributed by atoms with Crippen molar-refractivity contribution in [3.05, 3.63) is 142 Å². The van der Waals surface area contributed by atoms with Crippen LogP contribution in [0.2, 0.25) is 0 Å². The van der Waals surface area contributed by atoms with Crippen LogP contribution in [0, 0.1) is 28.6 Å². The zero-order valence-corrected chi connectivity index (χ0v) is 48.7. The molecule has 2 aliphatic rings. The fourth-order valence-corrected chi connectivity index (χ4v) is 9.10. The van der Waals surface area contributed by atoms with Gasteiger partial charge < -0.3 is 26.6 Å². The number of carboxylic acids is 2. The van der Waals surface area contributed by atoms with E-state index >= 15 is 0 Å². The Kier molecular flexibility index (Phi) is 25.5. The number of amidine groups is 1. The molecule has 0 aliphatic carbocycles. The van der Waals surface area contributed by atoms with Crippen LogP contribution < -0.4 is 48.9 Å². The maximum absolute atomic E-state index is 13.5. The third-order valence-corrected chi connectivity index (χ3v) is 14.1. The highest BCUT2D eigenvalue weighted by Crippen LogP contribution is 2.18. The molecular formula is C60H71N13O14. The second kappa shape index (κ2) is 32.3. The lowest BCUT2D eigenvalue weighted by atomic mass is 9.94. The molecule has 0 spiro atoms. The van der Waals surface area contributed by atoms with Crippen molar-refractivity contribution in [3.8, 4) is 6.07 Å². The van der Waals surface area contributed by atoms with Gasteiger partial charge in [-0.3, -0.25) is 73.8 Å². The number of nitrogens with zero attached hydrogens (tertiary/aromatic N) is 3. The van der Waals surface area contributed by atoms with Crippen LogP contribution in [0.4, 0.5) is 0 Å². The van der Waals surface area contributed by atoms with Crippen molar-refractivity contribution in [1.82, 2.24) is 53.2 Å². The lowest BCUT2D eigenvalue weighted by Crippen LogP contribution is -2.59. The van der Waals surface area contributed by atoms with E-state index in [9.17, 15) is 67.7 Å². The van der Waals surface area contributed by atoms with E-state index in [1.54, 1.807) is 100 Å². The van der Waals surface area contributed by atoms with Gasteiger partial charge in [0.05, 0.1) is 61.7 Å². The number of nitrogens with one attached hydrogen (secondary N) is 9. The topological polar surface area (TPSA) is 422 Å². The number of likely N-dealkylation sites (N-methyl/N-ethyl adjacent to an activating group) is 2. The van der Waals surface area contributed by atoms with Crippen molar-refractivity contribution >= 4 is 75.9 Å². The fraction of sp³-hybridized carbons (Fsp3) is 0.367. The number of fused-ring (bicyclic) bond motifs is 4. The molecule has 4 bridgehead atoms. The molecule has 27 nitrogen and oxygen atoms in total. The number of nitriles is 1. The highest BCUT2D eigenvalue weighted by atomic mass is 16.4. The lowest BCUT2D eigenvalue weighted by Gasteiger charge is -2.32. The van der Waals surface area contributed by atoms with Crippen molar-refractivity contribution in [2.45, 2.75) is 103 Å². The first-order valence-corrected chi connectivity index (χ1v) is 27.5. The maximum atomic E-state index is 13.5. The van der Waals surface area contributed by atoms with Crippen LogP contribution in [0.25, 0.3) is 0 Å². The van der Waals surface area contributed by atoms with Gasteiger partial charge in [-0.15, -0.1) is 0 Å². The summed E-state index contributed by atoms with van der Waals surface area (Å²) in [5, 5.41) is 42.9. The molecule has 0 aromatic heterocycles. The van der Waals surface area contributed by atoms with Crippen LogP contribution >= 0.6 is 0 Å². The molecule has 0 saturated heterocycles. The Morgan fingerprint density at radius 1 is 0.586 bits per heavy atom. The van der Waals surface area contributed by atoms with Gasteiger partial charge in [-0.1, -0.05) is 100 Å². The molecule has 0 radical (unpaired) electrons. The molecular weight excluding hydrogens is 1130 g/mol. The number of aliphatic carboxylic acids is 2. The SMILES string of the molecule is CC(C)[C@@H]1NN(C)C(Cc2ccc(C#N)cc2)C(=O)NCC(=O)C(=O)[C@H](CC(=O)O)NNCc2cccc(c2)C(=O)C1=O.CC(C)[C@@H]1NN(C)C(Cc2ccc(C(=N)N)cc2)C(=O)NCC(=O)C(=O)[C@H](CC(=O)O)NNCc2cccc(c2)C(=O)C1=O. The minimum absolute atomic E-state index is 0.0350. The van der Waals surface area contributed by atoms with Gasteiger partial charge in [0.1, 0.15) is 17.9 Å². The van der Waals surface area contributed by atoms with Crippen LogP contribution in [0.15, 0.2) is 97.1 Å². The zero-order chi connectivity index (χ0) is 64.2. The number of Topliss-reactive ketones (excluding diaryl/α,β-unsaturated/α-hetero) is 8. The molecule has 2 heterocycles. The minimum Gasteiger partial charge on any atom is -0.481 e. The summed E-state index contributed by atoms with van der Waals surface area (Å²) in [6.07, 6.45) is -1.27. The molecule has 0 fully saturated rings. The Labute approximate surface area is 500 Å². The van der Waals surface area contributed by atoms with Gasteiger partial charge in [0, 0.05) is 43.9 Å². The molecule has 6 atom stereocenters. The first kappa shape index (κ1) is 68.5. The molecule has 6 rings (SSSR count). The van der Waals surface area contributed by atoms with Gasteiger partial charge in [-0.2, -0.15) is 5.26 Å². The highest BCUT2D eigenvalue weighted by Gasteiger charge is 2.37. The van der Waals surface area contributed by atoms with Crippen molar-refractivity contribution in [2.75, 3.05) is 27.2 Å². The quantitative estimate of drug-likeness (QED) is 0.0516. The lowest BCUT2D eigenvalue weighted by molar-refractivity contribution is -0.143. The first-order valence-electron chi connectivity index (χ1n) is 27.5. The number of nitrogen functional groups attached to an aromatic ring is 1. The second-order valence-corrected chi connectivity index (χ2v) is 21.4. The van der Waals surface area contributed by atoms with Crippen LogP contribution in [0.3, 0.4) is 0 Å². The number of hydrogen-bond acceptors (Lipinski definition) is 22. The Morgan fingerprint density at radius 2 is 0.966 bits per heavy atom. The number of hydrogen-bond donors (Lipinski definition) is 12. The molecule has 2 unspecified atom stereocenters. The van der Waals surface area contributed by atoms with Crippen molar-refractivity contribution in [1.29, 1.82) is 10.7 Å².